The minimum Gasteiger partial charge on any atom is -0.395 e. The highest BCUT2D eigenvalue weighted by Crippen LogP contribution is 2.28. The van der Waals surface area contributed by atoms with Gasteiger partial charge in [0.05, 0.1) is 17.7 Å². The number of sulfonamides is 1. The zero-order valence-corrected chi connectivity index (χ0v) is 10.9. The number of aliphatic hydroxyl groups is 1. The molecule has 1 N–H and O–H groups in total. The first kappa shape index (κ1) is 13.7. The maximum Gasteiger partial charge on any atom is 0.245 e. The van der Waals surface area contributed by atoms with Crippen LogP contribution in [0.4, 0.5) is 4.39 Å². The molecular formula is C10H12ClFN2O3S. The summed E-state index contributed by atoms with van der Waals surface area (Å²) >= 11 is 5.69. The lowest BCUT2D eigenvalue weighted by atomic mass is 10.2. The molecule has 2 heterocycles. The first-order chi connectivity index (χ1) is 8.45. The van der Waals surface area contributed by atoms with Crippen LogP contribution >= 0.6 is 11.6 Å². The van der Waals surface area contributed by atoms with E-state index in [1.807, 2.05) is 0 Å². The molecule has 1 aromatic heterocycles. The van der Waals surface area contributed by atoms with Crippen LogP contribution in [0.15, 0.2) is 23.4 Å². The molecule has 0 amide bonds. The molecule has 1 aromatic rings. The Bertz CT molecular complexity index is 540. The Morgan fingerprint density at radius 1 is 1.56 bits per heavy atom. The van der Waals surface area contributed by atoms with Gasteiger partial charge in [-0.1, -0.05) is 11.6 Å². The number of rotatable bonds is 3. The van der Waals surface area contributed by atoms with Crippen LogP contribution in [0.5, 0.6) is 0 Å². The van der Waals surface area contributed by atoms with Gasteiger partial charge >= 0.3 is 0 Å². The van der Waals surface area contributed by atoms with Crippen molar-refractivity contribution in [3.05, 3.63) is 23.5 Å². The van der Waals surface area contributed by atoms with Crippen molar-refractivity contribution >= 4 is 21.6 Å². The standard InChI is InChI=1S/C10H12ClFN2O3S/c11-7-1-10(4-13-3-7)18(16,17)14-5-8(12)2-9(14)6-15/h1,3-4,8-9,15H,2,5-6H2/t8-,9-/m0/s1. The summed E-state index contributed by atoms with van der Waals surface area (Å²) in [5.74, 6) is 0. The molecule has 0 unspecified atom stereocenters. The largest absolute Gasteiger partial charge is 0.395 e. The van der Waals surface area contributed by atoms with Crippen molar-refractivity contribution in [2.45, 2.75) is 23.5 Å². The number of pyridine rings is 1. The van der Waals surface area contributed by atoms with E-state index in [1.54, 1.807) is 0 Å². The molecule has 0 spiro atoms. The van der Waals surface area contributed by atoms with E-state index < -0.39 is 28.8 Å². The minimum absolute atomic E-state index is 0.00369. The second-order valence-corrected chi connectivity index (χ2v) is 6.41. The molecule has 8 heteroatoms. The minimum atomic E-state index is -3.87. The summed E-state index contributed by atoms with van der Waals surface area (Å²) in [5.41, 5.74) is 0. The third kappa shape index (κ3) is 2.49. The van der Waals surface area contributed by atoms with Gasteiger partial charge in [-0.25, -0.2) is 12.8 Å². The Balaban J connectivity index is 2.37. The first-order valence-corrected chi connectivity index (χ1v) is 7.14. The van der Waals surface area contributed by atoms with Crippen LogP contribution in [0.3, 0.4) is 0 Å². The third-order valence-electron chi connectivity index (χ3n) is 2.81. The molecule has 1 fully saturated rings. The van der Waals surface area contributed by atoms with Gasteiger partial charge in [0.15, 0.2) is 0 Å². The van der Waals surface area contributed by atoms with Crippen LogP contribution in [0.1, 0.15) is 6.42 Å². The molecule has 1 saturated heterocycles. The predicted octanol–water partition coefficient (Wildman–Crippen LogP) is 0.828. The van der Waals surface area contributed by atoms with Crippen LogP contribution < -0.4 is 0 Å². The van der Waals surface area contributed by atoms with Crippen molar-refractivity contribution < 1.29 is 17.9 Å². The summed E-state index contributed by atoms with van der Waals surface area (Å²) in [5, 5.41) is 9.29. The highest BCUT2D eigenvalue weighted by atomic mass is 35.5. The van der Waals surface area contributed by atoms with Crippen LogP contribution in [-0.4, -0.2) is 48.2 Å². The van der Waals surface area contributed by atoms with Crippen molar-refractivity contribution in [3.8, 4) is 0 Å². The van der Waals surface area contributed by atoms with E-state index in [0.717, 1.165) is 10.5 Å². The lowest BCUT2D eigenvalue weighted by Crippen LogP contribution is -2.37. The number of nitrogens with zero attached hydrogens (tertiary/aromatic N) is 2. The molecule has 18 heavy (non-hydrogen) atoms. The Kier molecular flexibility index (Phi) is 3.86. The normalized spacial score (nSPS) is 25.5. The molecule has 1 aliphatic heterocycles. The highest BCUT2D eigenvalue weighted by Gasteiger charge is 2.40. The van der Waals surface area contributed by atoms with E-state index in [9.17, 15) is 12.8 Å². The van der Waals surface area contributed by atoms with E-state index >= 15 is 0 Å². The number of hydrogen-bond acceptors (Lipinski definition) is 4. The zero-order chi connectivity index (χ0) is 13.3. The highest BCUT2D eigenvalue weighted by molar-refractivity contribution is 7.89. The monoisotopic (exact) mass is 294 g/mol. The Hall–Kier alpha value is -0.760. The number of halogens is 2. The number of alkyl halides is 1. The predicted molar refractivity (Wildman–Crippen MR) is 63.5 cm³/mol. The molecule has 1 aliphatic rings. The fourth-order valence-corrected chi connectivity index (χ4v) is 3.84. The molecule has 0 saturated carbocycles. The lowest BCUT2D eigenvalue weighted by molar-refractivity contribution is 0.213. The number of hydrogen-bond donors (Lipinski definition) is 1. The molecule has 5 nitrogen and oxygen atoms in total. The lowest BCUT2D eigenvalue weighted by Gasteiger charge is -2.21. The van der Waals surface area contributed by atoms with Gasteiger partial charge in [-0.3, -0.25) is 4.98 Å². The maximum atomic E-state index is 13.3. The molecule has 0 aromatic carbocycles. The van der Waals surface area contributed by atoms with Crippen molar-refractivity contribution in [1.82, 2.24) is 9.29 Å². The summed E-state index contributed by atoms with van der Waals surface area (Å²) in [7, 11) is -3.87. The van der Waals surface area contributed by atoms with Gasteiger partial charge in [-0.05, 0) is 12.5 Å². The van der Waals surface area contributed by atoms with Gasteiger partial charge in [0.2, 0.25) is 10.0 Å². The van der Waals surface area contributed by atoms with Crippen LogP contribution in [0.25, 0.3) is 0 Å². The molecule has 0 bridgehead atoms. The Morgan fingerprint density at radius 2 is 2.28 bits per heavy atom. The first-order valence-electron chi connectivity index (χ1n) is 5.32. The van der Waals surface area contributed by atoms with Gasteiger partial charge < -0.3 is 5.11 Å². The molecule has 100 valence electrons. The zero-order valence-electron chi connectivity index (χ0n) is 9.33. The van der Waals surface area contributed by atoms with E-state index in [1.165, 1.54) is 12.3 Å². The second-order valence-electron chi connectivity index (χ2n) is 4.08. The quantitative estimate of drug-likeness (QED) is 0.896. The topological polar surface area (TPSA) is 70.5 Å². The summed E-state index contributed by atoms with van der Waals surface area (Å²) in [6, 6.07) is 0.521. The van der Waals surface area contributed by atoms with Crippen molar-refractivity contribution in [2.75, 3.05) is 13.2 Å². The summed E-state index contributed by atoms with van der Waals surface area (Å²) in [6.45, 7) is -0.659. The van der Waals surface area contributed by atoms with Gasteiger partial charge in [0.25, 0.3) is 0 Å². The Morgan fingerprint density at radius 3 is 2.89 bits per heavy atom. The van der Waals surface area contributed by atoms with Crippen molar-refractivity contribution in [2.24, 2.45) is 0 Å². The van der Waals surface area contributed by atoms with Crippen LogP contribution in [0, 0.1) is 0 Å². The Labute approximate surface area is 109 Å². The average molecular weight is 295 g/mol. The van der Waals surface area contributed by atoms with E-state index in [0.29, 0.717) is 0 Å². The summed E-state index contributed by atoms with van der Waals surface area (Å²) < 4.78 is 38.7. The van der Waals surface area contributed by atoms with Crippen LogP contribution in [0.2, 0.25) is 5.02 Å². The van der Waals surface area contributed by atoms with Gasteiger partial charge in [-0.2, -0.15) is 4.31 Å². The fraction of sp³-hybridized carbons (Fsp3) is 0.500. The molecule has 0 radical (unpaired) electrons. The van der Waals surface area contributed by atoms with Gasteiger partial charge in [0, 0.05) is 18.9 Å². The third-order valence-corrected chi connectivity index (χ3v) is 4.90. The summed E-state index contributed by atoms with van der Waals surface area (Å²) in [6.07, 6.45) is 1.21. The smallest absolute Gasteiger partial charge is 0.245 e. The maximum absolute atomic E-state index is 13.3. The van der Waals surface area contributed by atoms with E-state index in [4.69, 9.17) is 16.7 Å². The fourth-order valence-electron chi connectivity index (χ4n) is 1.96. The summed E-state index contributed by atoms with van der Waals surface area (Å²) in [4.78, 5) is 3.60. The van der Waals surface area contributed by atoms with E-state index in [-0.39, 0.29) is 22.9 Å². The molecule has 0 aliphatic carbocycles. The van der Waals surface area contributed by atoms with Crippen LogP contribution in [-0.2, 0) is 10.0 Å². The second kappa shape index (κ2) is 5.08. The number of aliphatic hydroxyl groups excluding tert-OH is 1. The SMILES string of the molecule is O=S(=O)(c1cncc(Cl)c1)N1C[C@@H](F)C[C@H]1CO. The van der Waals surface area contributed by atoms with E-state index in [2.05, 4.69) is 4.98 Å². The average Bonchev–Trinajstić information content (AvgIpc) is 2.71. The molecule has 2 rings (SSSR count). The van der Waals surface area contributed by atoms with Gasteiger partial charge in [0.1, 0.15) is 11.1 Å². The van der Waals surface area contributed by atoms with Crippen molar-refractivity contribution in [3.63, 3.8) is 0 Å². The molecular weight excluding hydrogens is 283 g/mol. The van der Waals surface area contributed by atoms with Crippen molar-refractivity contribution in [1.29, 1.82) is 0 Å². The number of aromatic nitrogens is 1. The molecule has 2 atom stereocenters. The van der Waals surface area contributed by atoms with Gasteiger partial charge in [-0.15, -0.1) is 0 Å².